The van der Waals surface area contributed by atoms with E-state index in [0.717, 1.165) is 5.69 Å². The van der Waals surface area contributed by atoms with Gasteiger partial charge in [0.15, 0.2) is 0 Å². The summed E-state index contributed by atoms with van der Waals surface area (Å²) in [5, 5.41) is 3.21. The molecule has 0 radical (unpaired) electrons. The summed E-state index contributed by atoms with van der Waals surface area (Å²) in [6.45, 7) is 0. The molecule has 62 valence electrons. The van der Waals surface area contributed by atoms with Crippen molar-refractivity contribution in [3.8, 4) is 0 Å². The summed E-state index contributed by atoms with van der Waals surface area (Å²) in [5.41, 5.74) is 6.73. The molecule has 0 saturated carbocycles. The molecular weight excluding hydrogens is 396 g/mol. The Kier molecular flexibility index (Phi) is 2.48. The maximum Gasteiger partial charge on any atom is 0.0513 e. The number of nitrogens with two attached hydrogens (primary N) is 1. The van der Waals surface area contributed by atoms with E-state index in [2.05, 4.69) is 57.3 Å². The third-order valence-corrected chi connectivity index (χ3v) is 4.04. The Morgan fingerprint density at radius 3 is 2.75 bits per heavy atom. The van der Waals surface area contributed by atoms with Crippen LogP contribution in [0, 0.1) is 7.14 Å². The Morgan fingerprint density at radius 2 is 2.00 bits per heavy atom. The van der Waals surface area contributed by atoms with E-state index in [4.69, 9.17) is 5.73 Å². The Balaban J connectivity index is 2.93. The normalized spacial score (nSPS) is 10.8. The molecule has 0 bridgehead atoms. The molecule has 12 heavy (non-hydrogen) atoms. The van der Waals surface area contributed by atoms with Crippen molar-refractivity contribution in [1.82, 2.24) is 0 Å². The first kappa shape index (κ1) is 9.01. The molecule has 2 aromatic rings. The summed E-state index contributed by atoms with van der Waals surface area (Å²) >= 11 is 6.36. The van der Waals surface area contributed by atoms with Gasteiger partial charge in [0, 0.05) is 22.6 Å². The lowest BCUT2D eigenvalue weighted by Gasteiger charge is -1.97. The van der Waals surface area contributed by atoms with E-state index in [1.165, 1.54) is 17.2 Å². The third kappa shape index (κ3) is 1.44. The van der Waals surface area contributed by atoms with Crippen LogP contribution < -0.4 is 5.73 Å². The molecule has 1 nitrogen and oxygen atoms in total. The second-order valence-electron chi connectivity index (χ2n) is 2.45. The topological polar surface area (TPSA) is 26.0 Å². The van der Waals surface area contributed by atoms with Gasteiger partial charge in [-0.05, 0) is 57.3 Å². The second kappa shape index (κ2) is 3.30. The highest BCUT2D eigenvalue weighted by Gasteiger charge is 2.05. The van der Waals surface area contributed by atoms with Crippen molar-refractivity contribution < 1.29 is 0 Å². The predicted octanol–water partition coefficient (Wildman–Crippen LogP) is 3.69. The van der Waals surface area contributed by atoms with E-state index in [1.807, 2.05) is 5.38 Å². The molecule has 0 amide bonds. The quantitative estimate of drug-likeness (QED) is 0.670. The molecule has 0 aliphatic carbocycles. The molecule has 0 aliphatic rings. The first-order valence-electron chi connectivity index (χ1n) is 3.30. The van der Waals surface area contributed by atoms with Crippen molar-refractivity contribution in [1.29, 1.82) is 0 Å². The van der Waals surface area contributed by atoms with Gasteiger partial charge < -0.3 is 5.73 Å². The number of benzene rings is 1. The van der Waals surface area contributed by atoms with Gasteiger partial charge in [0.1, 0.15) is 0 Å². The van der Waals surface area contributed by atoms with Crippen LogP contribution in [0.2, 0.25) is 0 Å². The van der Waals surface area contributed by atoms with Crippen molar-refractivity contribution in [2.75, 3.05) is 5.73 Å². The number of anilines is 1. The molecule has 2 rings (SSSR count). The highest BCUT2D eigenvalue weighted by molar-refractivity contribution is 14.1. The monoisotopic (exact) mass is 401 g/mol. The lowest BCUT2D eigenvalue weighted by molar-refractivity contribution is 1.70. The van der Waals surface area contributed by atoms with E-state index in [1.54, 1.807) is 11.3 Å². The lowest BCUT2D eigenvalue weighted by atomic mass is 10.2. The maximum atomic E-state index is 5.83. The van der Waals surface area contributed by atoms with Gasteiger partial charge in [0.2, 0.25) is 0 Å². The van der Waals surface area contributed by atoms with Crippen LogP contribution in [0.5, 0.6) is 0 Å². The highest BCUT2D eigenvalue weighted by Crippen LogP contribution is 2.33. The van der Waals surface area contributed by atoms with Crippen LogP contribution in [0.1, 0.15) is 0 Å². The minimum atomic E-state index is 0.899. The SMILES string of the molecule is Nc1csc2cc(I)cc(I)c12. The van der Waals surface area contributed by atoms with Crippen molar-refractivity contribution in [2.45, 2.75) is 0 Å². The van der Waals surface area contributed by atoms with Crippen molar-refractivity contribution in [3.05, 3.63) is 24.7 Å². The van der Waals surface area contributed by atoms with E-state index >= 15 is 0 Å². The van der Waals surface area contributed by atoms with Crippen molar-refractivity contribution >= 4 is 72.3 Å². The molecule has 0 atom stereocenters. The summed E-state index contributed by atoms with van der Waals surface area (Å²) in [6.07, 6.45) is 0. The zero-order valence-electron chi connectivity index (χ0n) is 5.97. The Hall–Kier alpha value is 0.440. The molecule has 1 aromatic heterocycles. The Morgan fingerprint density at radius 1 is 1.25 bits per heavy atom. The molecule has 2 N–H and O–H groups in total. The smallest absolute Gasteiger partial charge is 0.0513 e. The number of hydrogen-bond acceptors (Lipinski definition) is 2. The zero-order chi connectivity index (χ0) is 8.72. The van der Waals surface area contributed by atoms with Gasteiger partial charge in [-0.1, -0.05) is 0 Å². The summed E-state index contributed by atoms with van der Waals surface area (Å²) in [7, 11) is 0. The summed E-state index contributed by atoms with van der Waals surface area (Å²) in [4.78, 5) is 0. The van der Waals surface area contributed by atoms with Crippen molar-refractivity contribution in [3.63, 3.8) is 0 Å². The molecule has 0 unspecified atom stereocenters. The number of fused-ring (bicyclic) bond motifs is 1. The predicted molar refractivity (Wildman–Crippen MR) is 71.7 cm³/mol. The molecule has 4 heteroatoms. The van der Waals surface area contributed by atoms with Crippen LogP contribution in [0.25, 0.3) is 10.1 Å². The fraction of sp³-hybridized carbons (Fsp3) is 0. The first-order chi connectivity index (χ1) is 5.68. The van der Waals surface area contributed by atoms with Gasteiger partial charge in [-0.15, -0.1) is 11.3 Å². The van der Waals surface area contributed by atoms with E-state index in [0.29, 0.717) is 0 Å². The van der Waals surface area contributed by atoms with Crippen LogP contribution in [0.4, 0.5) is 5.69 Å². The minimum absolute atomic E-state index is 0.899. The maximum absolute atomic E-state index is 5.83. The number of thiophene rings is 1. The zero-order valence-corrected chi connectivity index (χ0v) is 11.1. The standard InChI is InChI=1S/C8H5I2NS/c9-4-1-5(10)8-6(11)3-12-7(8)2-4/h1-3H,11H2. The fourth-order valence-electron chi connectivity index (χ4n) is 1.11. The van der Waals surface area contributed by atoms with Gasteiger partial charge in [-0.25, -0.2) is 0 Å². The molecule has 1 heterocycles. The van der Waals surface area contributed by atoms with E-state index in [9.17, 15) is 0 Å². The second-order valence-corrected chi connectivity index (χ2v) is 5.77. The van der Waals surface area contributed by atoms with Gasteiger partial charge in [-0.2, -0.15) is 0 Å². The number of hydrogen-bond donors (Lipinski definition) is 1. The first-order valence-corrected chi connectivity index (χ1v) is 6.34. The highest BCUT2D eigenvalue weighted by atomic mass is 127. The summed E-state index contributed by atoms with van der Waals surface area (Å²) < 4.78 is 3.79. The van der Waals surface area contributed by atoms with Crippen LogP contribution in [0.3, 0.4) is 0 Å². The van der Waals surface area contributed by atoms with Crippen LogP contribution in [0.15, 0.2) is 17.5 Å². The average molecular weight is 401 g/mol. The molecule has 0 fully saturated rings. The van der Waals surface area contributed by atoms with Gasteiger partial charge in [0.05, 0.1) is 5.69 Å². The Labute approximate surface area is 102 Å². The summed E-state index contributed by atoms with van der Waals surface area (Å²) in [5.74, 6) is 0. The van der Waals surface area contributed by atoms with E-state index in [-0.39, 0.29) is 0 Å². The van der Waals surface area contributed by atoms with Crippen LogP contribution >= 0.6 is 56.5 Å². The summed E-state index contributed by atoms with van der Waals surface area (Å²) in [6, 6.07) is 4.31. The van der Waals surface area contributed by atoms with Crippen LogP contribution in [-0.4, -0.2) is 0 Å². The minimum Gasteiger partial charge on any atom is -0.398 e. The van der Waals surface area contributed by atoms with Gasteiger partial charge >= 0.3 is 0 Å². The van der Waals surface area contributed by atoms with Gasteiger partial charge in [-0.3, -0.25) is 0 Å². The molecule has 0 saturated heterocycles. The third-order valence-electron chi connectivity index (χ3n) is 1.62. The van der Waals surface area contributed by atoms with Gasteiger partial charge in [0.25, 0.3) is 0 Å². The Bertz CT molecular complexity index is 436. The van der Waals surface area contributed by atoms with Crippen molar-refractivity contribution in [2.24, 2.45) is 0 Å². The molecular formula is C8H5I2NS. The number of rotatable bonds is 0. The fourth-order valence-corrected chi connectivity index (χ4v) is 4.57. The van der Waals surface area contributed by atoms with Crippen LogP contribution in [-0.2, 0) is 0 Å². The lowest BCUT2D eigenvalue weighted by Crippen LogP contribution is -1.83. The van der Waals surface area contributed by atoms with E-state index < -0.39 is 0 Å². The molecule has 0 aliphatic heterocycles. The number of nitrogen functional groups attached to an aromatic ring is 1. The number of halogens is 2. The largest absolute Gasteiger partial charge is 0.398 e. The molecule has 0 spiro atoms. The molecule has 1 aromatic carbocycles. The average Bonchev–Trinajstić information content (AvgIpc) is 2.31.